The quantitative estimate of drug-likeness (QED) is 0.678. The molecule has 0 atom stereocenters. The summed E-state index contributed by atoms with van der Waals surface area (Å²) in [5.74, 6) is 0. The number of hydrogen-bond acceptors (Lipinski definition) is 4. The molecule has 0 aliphatic carbocycles. The molecule has 5 nitrogen and oxygen atoms in total. The third kappa shape index (κ3) is 4.54. The molecule has 0 radical (unpaired) electrons. The van der Waals surface area contributed by atoms with E-state index >= 15 is 0 Å². The van der Waals surface area contributed by atoms with Crippen LogP contribution in [0, 0.1) is 0 Å². The summed E-state index contributed by atoms with van der Waals surface area (Å²) in [5.41, 5.74) is 8.18. The SMILES string of the molecule is COCCOCCOCCn1ccc2cccc(CN)c21. The van der Waals surface area contributed by atoms with Crippen molar-refractivity contribution < 1.29 is 14.2 Å². The maximum atomic E-state index is 5.81. The number of ether oxygens (including phenoxy) is 3. The average molecular weight is 292 g/mol. The molecule has 1 aromatic carbocycles. The first kappa shape index (κ1) is 16.0. The van der Waals surface area contributed by atoms with Crippen molar-refractivity contribution in [2.24, 2.45) is 5.73 Å². The van der Waals surface area contributed by atoms with Crippen LogP contribution in [-0.4, -0.2) is 44.7 Å². The number of methoxy groups -OCH3 is 1. The van der Waals surface area contributed by atoms with Crippen molar-refractivity contribution in [3.05, 3.63) is 36.0 Å². The van der Waals surface area contributed by atoms with Gasteiger partial charge in [0.2, 0.25) is 0 Å². The molecular formula is C16H24N2O3. The Morgan fingerprint density at radius 2 is 1.76 bits per heavy atom. The van der Waals surface area contributed by atoms with Gasteiger partial charge >= 0.3 is 0 Å². The van der Waals surface area contributed by atoms with Crippen LogP contribution < -0.4 is 5.73 Å². The van der Waals surface area contributed by atoms with Gasteiger partial charge in [0, 0.05) is 26.4 Å². The van der Waals surface area contributed by atoms with E-state index in [1.54, 1.807) is 7.11 Å². The third-order valence-corrected chi connectivity index (χ3v) is 3.37. The number of nitrogens with zero attached hydrogens (tertiary/aromatic N) is 1. The van der Waals surface area contributed by atoms with E-state index in [2.05, 4.69) is 29.0 Å². The van der Waals surface area contributed by atoms with Gasteiger partial charge in [0.1, 0.15) is 0 Å². The minimum absolute atomic E-state index is 0.551. The minimum Gasteiger partial charge on any atom is -0.382 e. The van der Waals surface area contributed by atoms with E-state index in [1.165, 1.54) is 16.5 Å². The van der Waals surface area contributed by atoms with Crippen molar-refractivity contribution in [2.75, 3.05) is 40.1 Å². The lowest BCUT2D eigenvalue weighted by Crippen LogP contribution is -2.12. The molecule has 1 aromatic heterocycles. The average Bonchev–Trinajstić information content (AvgIpc) is 2.93. The molecule has 0 amide bonds. The van der Waals surface area contributed by atoms with Crippen LogP contribution >= 0.6 is 0 Å². The fourth-order valence-corrected chi connectivity index (χ4v) is 2.32. The highest BCUT2D eigenvalue weighted by Gasteiger charge is 2.05. The molecule has 2 rings (SSSR count). The van der Waals surface area contributed by atoms with E-state index in [4.69, 9.17) is 19.9 Å². The predicted octanol–water partition coefficient (Wildman–Crippen LogP) is 1.78. The van der Waals surface area contributed by atoms with Gasteiger partial charge in [0.05, 0.1) is 38.6 Å². The summed E-state index contributed by atoms with van der Waals surface area (Å²) in [6.45, 7) is 4.47. The number of rotatable bonds is 10. The topological polar surface area (TPSA) is 58.6 Å². The van der Waals surface area contributed by atoms with Gasteiger partial charge in [0.15, 0.2) is 0 Å². The third-order valence-electron chi connectivity index (χ3n) is 3.37. The van der Waals surface area contributed by atoms with Crippen molar-refractivity contribution in [2.45, 2.75) is 13.1 Å². The fourth-order valence-electron chi connectivity index (χ4n) is 2.32. The Labute approximate surface area is 125 Å². The lowest BCUT2D eigenvalue weighted by atomic mass is 10.1. The van der Waals surface area contributed by atoms with Crippen LogP contribution in [0.3, 0.4) is 0 Å². The van der Waals surface area contributed by atoms with Crippen LogP contribution in [0.4, 0.5) is 0 Å². The van der Waals surface area contributed by atoms with E-state index in [0.717, 1.165) is 6.54 Å². The largest absolute Gasteiger partial charge is 0.382 e. The molecule has 0 aliphatic rings. The molecule has 5 heteroatoms. The van der Waals surface area contributed by atoms with Crippen molar-refractivity contribution in [3.8, 4) is 0 Å². The van der Waals surface area contributed by atoms with Crippen LogP contribution in [-0.2, 0) is 27.3 Å². The highest BCUT2D eigenvalue weighted by atomic mass is 16.5. The van der Waals surface area contributed by atoms with Crippen molar-refractivity contribution >= 4 is 10.9 Å². The summed E-state index contributed by atoms with van der Waals surface area (Å²) in [6, 6.07) is 8.34. The van der Waals surface area contributed by atoms with E-state index in [9.17, 15) is 0 Å². The molecule has 1 heterocycles. The molecule has 0 bridgehead atoms. The molecule has 0 spiro atoms. The molecule has 2 N–H and O–H groups in total. The van der Waals surface area contributed by atoms with Crippen molar-refractivity contribution in [1.82, 2.24) is 4.57 Å². The van der Waals surface area contributed by atoms with E-state index in [0.29, 0.717) is 39.6 Å². The smallest absolute Gasteiger partial charge is 0.0701 e. The highest BCUT2D eigenvalue weighted by molar-refractivity contribution is 5.83. The molecule has 21 heavy (non-hydrogen) atoms. The Kier molecular flexibility index (Phi) is 6.69. The van der Waals surface area contributed by atoms with Gasteiger partial charge in [-0.15, -0.1) is 0 Å². The Morgan fingerprint density at radius 3 is 2.52 bits per heavy atom. The maximum Gasteiger partial charge on any atom is 0.0701 e. The summed E-state index contributed by atoms with van der Waals surface area (Å²) < 4.78 is 18.0. The second-order valence-corrected chi connectivity index (χ2v) is 4.79. The highest BCUT2D eigenvalue weighted by Crippen LogP contribution is 2.19. The Hall–Kier alpha value is -1.40. The maximum absolute atomic E-state index is 5.81. The van der Waals surface area contributed by atoms with Gasteiger partial charge in [-0.2, -0.15) is 0 Å². The molecule has 0 saturated heterocycles. The van der Waals surface area contributed by atoms with Crippen LogP contribution in [0.5, 0.6) is 0 Å². The van der Waals surface area contributed by atoms with Gasteiger partial charge in [-0.05, 0) is 17.0 Å². The van der Waals surface area contributed by atoms with Gasteiger partial charge in [0.25, 0.3) is 0 Å². The molecule has 0 saturated carbocycles. The van der Waals surface area contributed by atoms with Gasteiger partial charge in [-0.1, -0.05) is 18.2 Å². The zero-order valence-electron chi connectivity index (χ0n) is 12.6. The van der Waals surface area contributed by atoms with E-state index in [-0.39, 0.29) is 0 Å². The first-order valence-electron chi connectivity index (χ1n) is 7.28. The lowest BCUT2D eigenvalue weighted by Gasteiger charge is -2.09. The Bertz CT molecular complexity index is 539. The first-order valence-corrected chi connectivity index (χ1v) is 7.28. The number of aromatic nitrogens is 1. The number of benzene rings is 1. The number of fused-ring (bicyclic) bond motifs is 1. The molecule has 116 valence electrons. The van der Waals surface area contributed by atoms with Crippen LogP contribution in [0.1, 0.15) is 5.56 Å². The lowest BCUT2D eigenvalue weighted by molar-refractivity contribution is 0.0232. The van der Waals surface area contributed by atoms with Gasteiger partial charge < -0.3 is 24.5 Å². The molecular weight excluding hydrogens is 268 g/mol. The van der Waals surface area contributed by atoms with E-state index < -0.39 is 0 Å². The molecule has 0 unspecified atom stereocenters. The van der Waals surface area contributed by atoms with Crippen molar-refractivity contribution in [3.63, 3.8) is 0 Å². The number of nitrogens with two attached hydrogens (primary N) is 1. The number of para-hydroxylation sites is 1. The van der Waals surface area contributed by atoms with Crippen molar-refractivity contribution in [1.29, 1.82) is 0 Å². The van der Waals surface area contributed by atoms with Crippen LogP contribution in [0.2, 0.25) is 0 Å². The fraction of sp³-hybridized carbons (Fsp3) is 0.500. The van der Waals surface area contributed by atoms with Crippen LogP contribution in [0.15, 0.2) is 30.5 Å². The Balaban J connectivity index is 1.76. The second-order valence-electron chi connectivity index (χ2n) is 4.79. The summed E-state index contributed by atoms with van der Waals surface area (Å²) in [7, 11) is 1.66. The standard InChI is InChI=1S/C16H24N2O3/c1-19-9-10-21-12-11-20-8-7-18-6-5-14-3-2-4-15(13-17)16(14)18/h2-6H,7-13,17H2,1H3. The normalized spacial score (nSPS) is 11.3. The monoisotopic (exact) mass is 292 g/mol. The van der Waals surface area contributed by atoms with E-state index in [1.807, 2.05) is 6.07 Å². The molecule has 0 aliphatic heterocycles. The molecule has 0 fully saturated rings. The number of hydrogen-bond donors (Lipinski definition) is 1. The second kappa shape index (κ2) is 8.79. The summed E-state index contributed by atoms with van der Waals surface area (Å²) in [5, 5.41) is 1.22. The summed E-state index contributed by atoms with van der Waals surface area (Å²) >= 11 is 0. The zero-order chi connectivity index (χ0) is 14.9. The first-order chi connectivity index (χ1) is 10.4. The Morgan fingerprint density at radius 1 is 1.00 bits per heavy atom. The molecule has 2 aromatic rings. The van der Waals surface area contributed by atoms with Gasteiger partial charge in [-0.25, -0.2) is 0 Å². The predicted molar refractivity (Wildman–Crippen MR) is 83.3 cm³/mol. The zero-order valence-corrected chi connectivity index (χ0v) is 12.6. The minimum atomic E-state index is 0.551. The summed E-state index contributed by atoms with van der Waals surface area (Å²) in [6.07, 6.45) is 2.09. The van der Waals surface area contributed by atoms with Gasteiger partial charge in [-0.3, -0.25) is 0 Å². The summed E-state index contributed by atoms with van der Waals surface area (Å²) in [4.78, 5) is 0. The van der Waals surface area contributed by atoms with Crippen LogP contribution in [0.25, 0.3) is 10.9 Å².